The van der Waals surface area contributed by atoms with Crippen LogP contribution in [-0.4, -0.2) is 18.0 Å². The van der Waals surface area contributed by atoms with Crippen molar-refractivity contribution in [2.75, 3.05) is 5.32 Å². The van der Waals surface area contributed by atoms with Crippen LogP contribution in [0.15, 0.2) is 77.9 Å². The van der Waals surface area contributed by atoms with Crippen molar-refractivity contribution < 1.29 is 14.3 Å². The van der Waals surface area contributed by atoms with Crippen LogP contribution in [0.4, 0.5) is 5.69 Å². The van der Waals surface area contributed by atoms with Crippen molar-refractivity contribution in [3.63, 3.8) is 0 Å². The molecule has 2 amide bonds. The van der Waals surface area contributed by atoms with Gasteiger partial charge in [-0.2, -0.15) is 5.10 Å². The molecule has 3 rings (SSSR count). The van der Waals surface area contributed by atoms with E-state index in [9.17, 15) is 9.59 Å². The lowest BCUT2D eigenvalue weighted by Crippen LogP contribution is -2.32. The Morgan fingerprint density at radius 3 is 2.37 bits per heavy atom. The number of para-hydroxylation sites is 1. The Bertz CT molecular complexity index is 1050. The highest BCUT2D eigenvalue weighted by Crippen LogP contribution is 2.20. The fourth-order valence-electron chi connectivity index (χ4n) is 2.46. The van der Waals surface area contributed by atoms with E-state index < -0.39 is 11.8 Å². The van der Waals surface area contributed by atoms with Gasteiger partial charge in [-0.3, -0.25) is 9.59 Å². The van der Waals surface area contributed by atoms with Crippen molar-refractivity contribution in [1.29, 1.82) is 0 Å². The number of nitrogens with zero attached hydrogens (tertiary/aromatic N) is 1. The number of benzene rings is 3. The number of hydrazone groups is 1. The number of anilines is 1. The maximum atomic E-state index is 11.9. The zero-order chi connectivity index (χ0) is 21.3. The lowest BCUT2D eigenvalue weighted by Gasteiger charge is -2.07. The largest absolute Gasteiger partial charge is 0.489 e. The van der Waals surface area contributed by atoms with Crippen molar-refractivity contribution in [1.82, 2.24) is 5.43 Å². The van der Waals surface area contributed by atoms with E-state index in [1.54, 1.807) is 36.4 Å². The van der Waals surface area contributed by atoms with Gasteiger partial charge in [-0.25, -0.2) is 5.43 Å². The average molecular weight is 422 g/mol. The van der Waals surface area contributed by atoms with Gasteiger partial charge in [0.05, 0.1) is 16.9 Å². The quantitative estimate of drug-likeness (QED) is 0.353. The minimum absolute atomic E-state index is 0.340. The Morgan fingerprint density at radius 1 is 0.967 bits per heavy atom. The molecule has 0 aliphatic heterocycles. The van der Waals surface area contributed by atoms with Gasteiger partial charge in [0.2, 0.25) is 0 Å². The number of hydrogen-bond donors (Lipinski definition) is 2. The number of amides is 2. The molecule has 152 valence electrons. The molecule has 0 aromatic heterocycles. The highest BCUT2D eigenvalue weighted by Gasteiger charge is 2.14. The molecule has 0 saturated carbocycles. The third-order valence-corrected chi connectivity index (χ3v) is 4.44. The average Bonchev–Trinajstić information content (AvgIpc) is 2.76. The SMILES string of the molecule is Cc1ccc(COc2ccc(C=NNC(=O)C(=O)Nc3ccccc3Cl)cc2)cc1. The van der Waals surface area contributed by atoms with Crippen LogP contribution in [0.1, 0.15) is 16.7 Å². The molecule has 0 atom stereocenters. The summed E-state index contributed by atoms with van der Waals surface area (Å²) in [6.07, 6.45) is 1.43. The zero-order valence-corrected chi connectivity index (χ0v) is 17.0. The van der Waals surface area contributed by atoms with Crippen molar-refractivity contribution in [2.24, 2.45) is 5.10 Å². The molecule has 0 aliphatic rings. The predicted molar refractivity (Wildman–Crippen MR) is 118 cm³/mol. The minimum atomic E-state index is -0.899. The molecule has 0 spiro atoms. The summed E-state index contributed by atoms with van der Waals surface area (Å²) in [5.41, 5.74) is 5.56. The Labute approximate surface area is 179 Å². The van der Waals surface area contributed by atoms with Crippen LogP contribution in [0.2, 0.25) is 5.02 Å². The normalized spacial score (nSPS) is 10.6. The molecule has 30 heavy (non-hydrogen) atoms. The van der Waals surface area contributed by atoms with Crippen LogP contribution in [0, 0.1) is 6.92 Å². The lowest BCUT2D eigenvalue weighted by molar-refractivity contribution is -0.136. The van der Waals surface area contributed by atoms with Gasteiger partial charge in [0.1, 0.15) is 12.4 Å². The highest BCUT2D eigenvalue weighted by atomic mass is 35.5. The molecule has 0 aliphatic carbocycles. The molecule has 2 N–H and O–H groups in total. The van der Waals surface area contributed by atoms with Crippen molar-refractivity contribution >= 4 is 35.3 Å². The number of hydrogen-bond acceptors (Lipinski definition) is 4. The van der Waals surface area contributed by atoms with Gasteiger partial charge in [0.15, 0.2) is 0 Å². The smallest absolute Gasteiger partial charge is 0.329 e. The summed E-state index contributed by atoms with van der Waals surface area (Å²) in [6, 6.07) is 22.0. The van der Waals surface area contributed by atoms with Gasteiger partial charge in [-0.1, -0.05) is 53.6 Å². The van der Waals surface area contributed by atoms with Gasteiger partial charge in [-0.05, 0) is 54.4 Å². The Kier molecular flexibility index (Phi) is 7.19. The van der Waals surface area contributed by atoms with E-state index in [1.165, 1.54) is 11.8 Å². The Balaban J connectivity index is 1.47. The summed E-state index contributed by atoms with van der Waals surface area (Å²) in [6.45, 7) is 2.52. The molecule has 0 heterocycles. The second-order valence-corrected chi connectivity index (χ2v) is 6.88. The molecule has 0 radical (unpaired) electrons. The van der Waals surface area contributed by atoms with Crippen LogP contribution in [0.3, 0.4) is 0 Å². The van der Waals surface area contributed by atoms with Crippen LogP contribution in [0.5, 0.6) is 5.75 Å². The molecular weight excluding hydrogens is 402 g/mol. The molecule has 0 bridgehead atoms. The molecule has 3 aromatic rings. The van der Waals surface area contributed by atoms with E-state index in [0.717, 1.165) is 16.9 Å². The molecule has 6 nitrogen and oxygen atoms in total. The first-order valence-electron chi connectivity index (χ1n) is 9.18. The summed E-state index contributed by atoms with van der Waals surface area (Å²) in [7, 11) is 0. The van der Waals surface area contributed by atoms with Crippen LogP contribution < -0.4 is 15.5 Å². The summed E-state index contributed by atoms with van der Waals surface area (Å²) in [4.78, 5) is 23.7. The predicted octanol–water partition coefficient (Wildman–Crippen LogP) is 4.32. The number of carbonyl (C=O) groups excluding carboxylic acids is 2. The fourth-order valence-corrected chi connectivity index (χ4v) is 2.64. The number of halogens is 1. The Hall–Kier alpha value is -3.64. The van der Waals surface area contributed by atoms with Crippen LogP contribution in [0.25, 0.3) is 0 Å². The van der Waals surface area contributed by atoms with Crippen LogP contribution >= 0.6 is 11.6 Å². The fraction of sp³-hybridized carbons (Fsp3) is 0.0870. The second kappa shape index (κ2) is 10.2. The van der Waals surface area contributed by atoms with Crippen molar-refractivity contribution in [2.45, 2.75) is 13.5 Å². The third kappa shape index (κ3) is 6.18. The molecule has 0 fully saturated rings. The minimum Gasteiger partial charge on any atom is -0.489 e. The summed E-state index contributed by atoms with van der Waals surface area (Å²) >= 11 is 5.95. The van der Waals surface area contributed by atoms with Gasteiger partial charge in [0, 0.05) is 0 Å². The lowest BCUT2D eigenvalue weighted by atomic mass is 10.2. The zero-order valence-electron chi connectivity index (χ0n) is 16.3. The maximum absolute atomic E-state index is 11.9. The number of rotatable bonds is 6. The first kappa shape index (κ1) is 21.1. The molecule has 0 unspecified atom stereocenters. The molecular formula is C23H20ClN3O3. The van der Waals surface area contributed by atoms with E-state index in [0.29, 0.717) is 17.3 Å². The van der Waals surface area contributed by atoms with Crippen molar-refractivity contribution in [3.05, 3.63) is 94.5 Å². The van der Waals surface area contributed by atoms with Gasteiger partial charge >= 0.3 is 11.8 Å². The summed E-state index contributed by atoms with van der Waals surface area (Å²) < 4.78 is 5.75. The first-order valence-corrected chi connectivity index (χ1v) is 9.56. The number of carbonyl (C=O) groups is 2. The third-order valence-electron chi connectivity index (χ3n) is 4.11. The Morgan fingerprint density at radius 2 is 1.67 bits per heavy atom. The van der Waals surface area contributed by atoms with Gasteiger partial charge in [0.25, 0.3) is 0 Å². The molecule has 0 saturated heterocycles. The van der Waals surface area contributed by atoms with Gasteiger partial charge in [-0.15, -0.1) is 0 Å². The first-order chi connectivity index (χ1) is 14.5. The standard InChI is InChI=1S/C23H20ClN3O3/c1-16-6-8-18(9-7-16)15-30-19-12-10-17(11-13-19)14-25-27-23(29)22(28)26-21-5-3-2-4-20(21)24/h2-14H,15H2,1H3,(H,26,28)(H,27,29). The van der Waals surface area contributed by atoms with E-state index in [1.807, 2.05) is 43.3 Å². The molecule has 7 heteroatoms. The van der Waals surface area contributed by atoms with E-state index in [-0.39, 0.29) is 0 Å². The van der Waals surface area contributed by atoms with Crippen LogP contribution in [-0.2, 0) is 16.2 Å². The number of aryl methyl sites for hydroxylation is 1. The van der Waals surface area contributed by atoms with E-state index >= 15 is 0 Å². The topological polar surface area (TPSA) is 79.8 Å². The summed E-state index contributed by atoms with van der Waals surface area (Å²) in [5, 5.41) is 6.56. The van der Waals surface area contributed by atoms with Crippen molar-refractivity contribution in [3.8, 4) is 5.75 Å². The van der Waals surface area contributed by atoms with Gasteiger partial charge < -0.3 is 10.1 Å². The summed E-state index contributed by atoms with van der Waals surface area (Å²) in [5.74, 6) is -1.04. The number of ether oxygens (including phenoxy) is 1. The monoisotopic (exact) mass is 421 g/mol. The maximum Gasteiger partial charge on any atom is 0.329 e. The van der Waals surface area contributed by atoms with E-state index in [4.69, 9.17) is 16.3 Å². The second-order valence-electron chi connectivity index (χ2n) is 6.48. The molecule has 3 aromatic carbocycles. The number of nitrogens with one attached hydrogen (secondary N) is 2. The van der Waals surface area contributed by atoms with E-state index in [2.05, 4.69) is 15.8 Å². The highest BCUT2D eigenvalue weighted by molar-refractivity contribution is 6.41.